The standard InChI is InChI=1S/C9H12N2O2S/c12-11(13)9-4-3-8(14-9)7-2-1-5-10-6-7/h3-4,7,10H,1-2,5-6H2. The van der Waals surface area contributed by atoms with Gasteiger partial charge in [-0.25, -0.2) is 0 Å². The zero-order valence-electron chi connectivity index (χ0n) is 7.73. The predicted octanol–water partition coefficient (Wildman–Crippen LogP) is 2.12. The molecule has 1 saturated heterocycles. The summed E-state index contributed by atoms with van der Waals surface area (Å²) < 4.78 is 0. The molecule has 0 aliphatic carbocycles. The summed E-state index contributed by atoms with van der Waals surface area (Å²) in [6.07, 6.45) is 2.31. The fourth-order valence-electron chi connectivity index (χ4n) is 1.75. The molecular weight excluding hydrogens is 200 g/mol. The van der Waals surface area contributed by atoms with Crippen LogP contribution in [-0.4, -0.2) is 18.0 Å². The van der Waals surface area contributed by atoms with Gasteiger partial charge in [0.2, 0.25) is 0 Å². The van der Waals surface area contributed by atoms with Crippen molar-refractivity contribution < 1.29 is 4.92 Å². The highest BCUT2D eigenvalue weighted by molar-refractivity contribution is 7.15. The van der Waals surface area contributed by atoms with Gasteiger partial charge in [-0.1, -0.05) is 11.3 Å². The summed E-state index contributed by atoms with van der Waals surface area (Å²) in [4.78, 5) is 11.3. The molecule has 0 amide bonds. The molecule has 76 valence electrons. The van der Waals surface area contributed by atoms with Gasteiger partial charge < -0.3 is 5.32 Å². The zero-order chi connectivity index (χ0) is 9.97. The van der Waals surface area contributed by atoms with Crippen molar-refractivity contribution in [3.8, 4) is 0 Å². The summed E-state index contributed by atoms with van der Waals surface area (Å²) in [5.74, 6) is 0.474. The first-order valence-corrected chi connectivity index (χ1v) is 5.54. The molecule has 0 aromatic carbocycles. The monoisotopic (exact) mass is 212 g/mol. The van der Waals surface area contributed by atoms with Crippen LogP contribution in [0, 0.1) is 10.1 Å². The summed E-state index contributed by atoms with van der Waals surface area (Å²) in [5, 5.41) is 14.1. The van der Waals surface area contributed by atoms with Crippen LogP contribution in [0.1, 0.15) is 23.6 Å². The number of nitrogens with one attached hydrogen (secondary N) is 1. The Morgan fingerprint density at radius 2 is 2.43 bits per heavy atom. The number of rotatable bonds is 2. The third kappa shape index (κ3) is 1.93. The minimum Gasteiger partial charge on any atom is -0.316 e. The third-order valence-electron chi connectivity index (χ3n) is 2.49. The van der Waals surface area contributed by atoms with Crippen molar-refractivity contribution in [1.82, 2.24) is 5.32 Å². The van der Waals surface area contributed by atoms with E-state index in [0.717, 1.165) is 30.8 Å². The smallest absolute Gasteiger partial charge is 0.316 e. The fourth-order valence-corrected chi connectivity index (χ4v) is 2.71. The van der Waals surface area contributed by atoms with E-state index in [0.29, 0.717) is 5.92 Å². The van der Waals surface area contributed by atoms with Gasteiger partial charge in [-0.2, -0.15) is 0 Å². The Bertz CT molecular complexity index is 331. The molecular formula is C9H12N2O2S. The minimum atomic E-state index is -0.315. The lowest BCUT2D eigenvalue weighted by Crippen LogP contribution is -2.27. The molecule has 0 spiro atoms. The van der Waals surface area contributed by atoms with E-state index in [4.69, 9.17) is 0 Å². The van der Waals surface area contributed by atoms with Crippen LogP contribution < -0.4 is 5.32 Å². The lowest BCUT2D eigenvalue weighted by molar-refractivity contribution is -0.380. The van der Waals surface area contributed by atoms with Gasteiger partial charge in [0.1, 0.15) is 0 Å². The number of thiophene rings is 1. The molecule has 1 atom stereocenters. The first-order valence-electron chi connectivity index (χ1n) is 4.72. The van der Waals surface area contributed by atoms with Crippen molar-refractivity contribution in [2.45, 2.75) is 18.8 Å². The predicted molar refractivity (Wildman–Crippen MR) is 55.8 cm³/mol. The van der Waals surface area contributed by atoms with Gasteiger partial charge in [0.25, 0.3) is 0 Å². The molecule has 14 heavy (non-hydrogen) atoms. The third-order valence-corrected chi connectivity index (χ3v) is 3.69. The van der Waals surface area contributed by atoms with E-state index in [2.05, 4.69) is 5.32 Å². The molecule has 1 unspecified atom stereocenters. The van der Waals surface area contributed by atoms with Crippen LogP contribution in [-0.2, 0) is 0 Å². The van der Waals surface area contributed by atoms with Crippen LogP contribution >= 0.6 is 11.3 Å². The Hall–Kier alpha value is -0.940. The van der Waals surface area contributed by atoms with Gasteiger partial charge in [0, 0.05) is 23.4 Å². The Morgan fingerprint density at radius 1 is 1.57 bits per heavy atom. The molecule has 0 radical (unpaired) electrons. The van der Waals surface area contributed by atoms with E-state index in [1.165, 1.54) is 11.3 Å². The van der Waals surface area contributed by atoms with Crippen LogP contribution in [0.15, 0.2) is 12.1 Å². The van der Waals surface area contributed by atoms with Crippen LogP contribution in [0.5, 0.6) is 0 Å². The van der Waals surface area contributed by atoms with Crippen LogP contribution in [0.2, 0.25) is 0 Å². The van der Waals surface area contributed by atoms with Crippen molar-refractivity contribution in [1.29, 1.82) is 0 Å². The largest absolute Gasteiger partial charge is 0.324 e. The van der Waals surface area contributed by atoms with Crippen LogP contribution in [0.25, 0.3) is 0 Å². The maximum absolute atomic E-state index is 10.5. The summed E-state index contributed by atoms with van der Waals surface area (Å²) in [6, 6.07) is 3.50. The van der Waals surface area contributed by atoms with Crippen molar-refractivity contribution in [3.05, 3.63) is 27.1 Å². The van der Waals surface area contributed by atoms with E-state index in [9.17, 15) is 10.1 Å². The molecule has 1 aliphatic rings. The molecule has 0 saturated carbocycles. The lowest BCUT2D eigenvalue weighted by atomic mass is 9.98. The number of hydrogen-bond donors (Lipinski definition) is 1. The van der Waals surface area contributed by atoms with Gasteiger partial charge in [0.05, 0.1) is 4.92 Å². The van der Waals surface area contributed by atoms with Gasteiger partial charge in [-0.3, -0.25) is 10.1 Å². The summed E-state index contributed by atoms with van der Waals surface area (Å²) in [6.45, 7) is 2.03. The van der Waals surface area contributed by atoms with Crippen LogP contribution in [0.4, 0.5) is 5.00 Å². The molecule has 2 heterocycles. The molecule has 1 aromatic rings. The zero-order valence-corrected chi connectivity index (χ0v) is 8.55. The van der Waals surface area contributed by atoms with Crippen molar-refractivity contribution >= 4 is 16.3 Å². The average Bonchev–Trinajstić information content (AvgIpc) is 2.68. The van der Waals surface area contributed by atoms with E-state index in [1.54, 1.807) is 6.07 Å². The molecule has 2 rings (SSSR count). The molecule has 1 fully saturated rings. The molecule has 1 aromatic heterocycles. The number of hydrogen-bond acceptors (Lipinski definition) is 4. The summed E-state index contributed by atoms with van der Waals surface area (Å²) in [7, 11) is 0. The quantitative estimate of drug-likeness (QED) is 0.603. The lowest BCUT2D eigenvalue weighted by Gasteiger charge is -2.21. The average molecular weight is 212 g/mol. The maximum Gasteiger partial charge on any atom is 0.324 e. The first kappa shape index (κ1) is 9.61. The van der Waals surface area contributed by atoms with Crippen LogP contribution in [0.3, 0.4) is 0 Å². The van der Waals surface area contributed by atoms with E-state index in [1.807, 2.05) is 6.07 Å². The molecule has 1 aliphatic heterocycles. The summed E-state index contributed by atoms with van der Waals surface area (Å²) >= 11 is 1.31. The first-order chi connectivity index (χ1) is 6.77. The molecule has 4 nitrogen and oxygen atoms in total. The Labute approximate surface area is 86.1 Å². The Morgan fingerprint density at radius 3 is 3.00 bits per heavy atom. The van der Waals surface area contributed by atoms with E-state index in [-0.39, 0.29) is 9.92 Å². The summed E-state index contributed by atoms with van der Waals surface area (Å²) in [5.41, 5.74) is 0. The topological polar surface area (TPSA) is 55.2 Å². The van der Waals surface area contributed by atoms with E-state index < -0.39 is 0 Å². The minimum absolute atomic E-state index is 0.255. The van der Waals surface area contributed by atoms with Gasteiger partial charge in [-0.05, 0) is 25.5 Å². The Balaban J connectivity index is 2.11. The second kappa shape index (κ2) is 4.06. The normalized spacial score (nSPS) is 22.1. The van der Waals surface area contributed by atoms with Gasteiger partial charge in [-0.15, -0.1) is 0 Å². The maximum atomic E-state index is 10.5. The van der Waals surface area contributed by atoms with Crippen molar-refractivity contribution in [2.75, 3.05) is 13.1 Å². The number of piperidine rings is 1. The Kier molecular flexibility index (Phi) is 2.79. The van der Waals surface area contributed by atoms with Gasteiger partial charge in [0.15, 0.2) is 0 Å². The SMILES string of the molecule is O=[N+]([O-])c1ccc(C2CCCNC2)s1. The molecule has 1 N–H and O–H groups in total. The van der Waals surface area contributed by atoms with E-state index >= 15 is 0 Å². The fraction of sp³-hybridized carbons (Fsp3) is 0.556. The highest BCUT2D eigenvalue weighted by Crippen LogP contribution is 2.32. The highest BCUT2D eigenvalue weighted by Gasteiger charge is 2.19. The van der Waals surface area contributed by atoms with Crippen molar-refractivity contribution in [2.24, 2.45) is 0 Å². The molecule has 0 bridgehead atoms. The second-order valence-electron chi connectivity index (χ2n) is 3.48. The van der Waals surface area contributed by atoms with Crippen molar-refractivity contribution in [3.63, 3.8) is 0 Å². The second-order valence-corrected chi connectivity index (χ2v) is 4.57. The van der Waals surface area contributed by atoms with Gasteiger partial charge >= 0.3 is 5.00 Å². The number of nitro groups is 1. The molecule has 5 heteroatoms. The number of nitrogens with zero attached hydrogens (tertiary/aromatic N) is 1. The highest BCUT2D eigenvalue weighted by atomic mass is 32.1.